The second kappa shape index (κ2) is 9.92. The van der Waals surface area contributed by atoms with E-state index in [9.17, 15) is 0 Å². The summed E-state index contributed by atoms with van der Waals surface area (Å²) in [7, 11) is 0. The summed E-state index contributed by atoms with van der Waals surface area (Å²) in [6.07, 6.45) is 0. The number of rotatable bonds is 4. The first-order chi connectivity index (χ1) is 22.1. The summed E-state index contributed by atoms with van der Waals surface area (Å²) in [5.74, 6) is 0. The van der Waals surface area contributed by atoms with Gasteiger partial charge in [0.15, 0.2) is 0 Å². The molecule has 214 valence electrons. The van der Waals surface area contributed by atoms with Gasteiger partial charge in [-0.05, 0) is 92.7 Å². The Morgan fingerprint density at radius 3 is 2.02 bits per heavy atom. The smallest absolute Gasteiger partial charge is 0.0465 e. The number of benzene rings is 7. The Hall–Kier alpha value is -5.18. The molecule has 0 spiro atoms. The maximum absolute atomic E-state index is 2.43. The van der Waals surface area contributed by atoms with Gasteiger partial charge in [0.25, 0.3) is 0 Å². The van der Waals surface area contributed by atoms with Crippen molar-refractivity contribution in [1.29, 1.82) is 0 Å². The fraction of sp³-hybridized carbons (Fsp3) is 0.0698. The van der Waals surface area contributed by atoms with Gasteiger partial charge in [-0.3, -0.25) is 0 Å². The maximum atomic E-state index is 2.43. The summed E-state index contributed by atoms with van der Waals surface area (Å²) in [6.45, 7) is 4.77. The zero-order valence-corrected chi connectivity index (χ0v) is 26.1. The van der Waals surface area contributed by atoms with Crippen molar-refractivity contribution in [2.75, 3.05) is 4.90 Å². The van der Waals surface area contributed by atoms with Crippen LogP contribution in [0.2, 0.25) is 0 Å². The van der Waals surface area contributed by atoms with Gasteiger partial charge in [-0.1, -0.05) is 117 Å². The minimum Gasteiger partial charge on any atom is -0.310 e. The van der Waals surface area contributed by atoms with Gasteiger partial charge in [0.2, 0.25) is 0 Å². The minimum absolute atomic E-state index is 0.113. The van der Waals surface area contributed by atoms with Crippen LogP contribution >= 0.6 is 11.3 Å². The Balaban J connectivity index is 1.19. The van der Waals surface area contributed by atoms with Crippen LogP contribution in [-0.2, 0) is 5.41 Å². The Kier molecular flexibility index (Phi) is 5.78. The van der Waals surface area contributed by atoms with Crippen LogP contribution in [0.15, 0.2) is 152 Å². The lowest BCUT2D eigenvalue weighted by molar-refractivity contribution is 0.661. The zero-order chi connectivity index (χ0) is 30.1. The van der Waals surface area contributed by atoms with E-state index < -0.39 is 0 Å². The SMILES string of the molecule is CC1(C)c2cc(N(c3ccccc3)c3ccc(-c4cccc5ccccc45)cc3)ccc2-c2c1ccc1sc3ccccc3c21. The Bertz CT molecular complexity index is 2390. The van der Waals surface area contributed by atoms with Crippen molar-refractivity contribution >= 4 is 59.3 Å². The predicted molar refractivity (Wildman–Crippen MR) is 195 cm³/mol. The van der Waals surface area contributed by atoms with Crippen LogP contribution in [0.3, 0.4) is 0 Å². The lowest BCUT2D eigenvalue weighted by atomic mass is 9.82. The standard InChI is InChI=1S/C43H31NS/c1-43(2)37-25-26-40-42(36-16-8-9-18-39(36)45-40)41(37)35-24-23-32(27-38(35)43)44(30-13-4-3-5-14-30)31-21-19-29(20-22-31)34-17-10-12-28-11-6-7-15-33(28)34/h3-27H,1-2H3. The van der Waals surface area contributed by atoms with E-state index in [1.165, 1.54) is 70.0 Å². The third-order valence-electron chi connectivity index (χ3n) is 9.66. The number of hydrogen-bond donors (Lipinski definition) is 0. The lowest BCUT2D eigenvalue weighted by Gasteiger charge is -2.28. The molecule has 0 saturated heterocycles. The number of fused-ring (bicyclic) bond motifs is 8. The average molecular weight is 594 g/mol. The second-order valence-electron chi connectivity index (χ2n) is 12.6. The molecule has 45 heavy (non-hydrogen) atoms. The van der Waals surface area contributed by atoms with Crippen LogP contribution in [0.25, 0.3) is 53.2 Å². The predicted octanol–water partition coefficient (Wildman–Crippen LogP) is 12.7. The number of thiophene rings is 1. The third-order valence-corrected chi connectivity index (χ3v) is 10.8. The van der Waals surface area contributed by atoms with Crippen molar-refractivity contribution in [3.05, 3.63) is 163 Å². The first kappa shape index (κ1) is 26.2. The topological polar surface area (TPSA) is 3.24 Å². The van der Waals surface area contributed by atoms with Gasteiger partial charge < -0.3 is 4.90 Å². The second-order valence-corrected chi connectivity index (χ2v) is 13.6. The van der Waals surface area contributed by atoms with Gasteiger partial charge in [-0.25, -0.2) is 0 Å². The first-order valence-corrected chi connectivity index (χ1v) is 16.4. The van der Waals surface area contributed by atoms with E-state index in [-0.39, 0.29) is 5.41 Å². The molecule has 0 atom stereocenters. The van der Waals surface area contributed by atoms with Crippen molar-refractivity contribution in [2.24, 2.45) is 0 Å². The third kappa shape index (κ3) is 3.99. The molecule has 7 aromatic carbocycles. The molecule has 0 unspecified atom stereocenters. The van der Waals surface area contributed by atoms with Crippen molar-refractivity contribution < 1.29 is 0 Å². The van der Waals surface area contributed by atoms with E-state index in [1.54, 1.807) is 0 Å². The van der Waals surface area contributed by atoms with E-state index in [2.05, 4.69) is 170 Å². The Morgan fingerprint density at radius 1 is 0.489 bits per heavy atom. The number of hydrogen-bond acceptors (Lipinski definition) is 2. The van der Waals surface area contributed by atoms with Gasteiger partial charge in [0.1, 0.15) is 0 Å². The molecule has 1 aromatic heterocycles. The summed E-state index contributed by atoms with van der Waals surface area (Å²) in [6, 6.07) is 55.6. The Labute approximate surface area is 267 Å². The fourth-order valence-corrected chi connectivity index (χ4v) is 8.57. The molecule has 1 heterocycles. The van der Waals surface area contributed by atoms with E-state index in [4.69, 9.17) is 0 Å². The molecule has 0 aliphatic heterocycles. The zero-order valence-electron chi connectivity index (χ0n) is 25.3. The molecule has 9 rings (SSSR count). The van der Waals surface area contributed by atoms with Crippen LogP contribution in [0.5, 0.6) is 0 Å². The van der Waals surface area contributed by atoms with Gasteiger partial charge in [-0.15, -0.1) is 11.3 Å². The molecule has 1 aliphatic rings. The molecule has 0 bridgehead atoms. The summed E-state index contributed by atoms with van der Waals surface area (Å²) >= 11 is 1.90. The van der Waals surface area contributed by atoms with Gasteiger partial charge in [-0.2, -0.15) is 0 Å². The van der Waals surface area contributed by atoms with Crippen molar-refractivity contribution in [2.45, 2.75) is 19.3 Å². The lowest BCUT2D eigenvalue weighted by Crippen LogP contribution is -2.16. The summed E-state index contributed by atoms with van der Waals surface area (Å²) in [4.78, 5) is 2.39. The molecular formula is C43H31NS. The molecule has 0 fully saturated rings. The average Bonchev–Trinajstić information content (AvgIpc) is 3.57. The molecule has 0 saturated carbocycles. The van der Waals surface area contributed by atoms with Gasteiger partial charge in [0.05, 0.1) is 0 Å². The monoisotopic (exact) mass is 593 g/mol. The van der Waals surface area contributed by atoms with E-state index >= 15 is 0 Å². The summed E-state index contributed by atoms with van der Waals surface area (Å²) in [5, 5.41) is 5.30. The van der Waals surface area contributed by atoms with Crippen LogP contribution in [0.1, 0.15) is 25.0 Å². The van der Waals surface area contributed by atoms with Crippen LogP contribution in [0.4, 0.5) is 17.1 Å². The van der Waals surface area contributed by atoms with Gasteiger partial charge >= 0.3 is 0 Å². The van der Waals surface area contributed by atoms with Crippen molar-refractivity contribution in [3.8, 4) is 22.3 Å². The fourth-order valence-electron chi connectivity index (χ4n) is 7.46. The van der Waals surface area contributed by atoms with Gasteiger partial charge in [0, 0.05) is 42.6 Å². The normalized spacial score (nSPS) is 13.3. The summed E-state index contributed by atoms with van der Waals surface area (Å²) in [5.41, 5.74) is 11.4. The highest BCUT2D eigenvalue weighted by molar-refractivity contribution is 7.26. The van der Waals surface area contributed by atoms with Crippen molar-refractivity contribution in [3.63, 3.8) is 0 Å². The molecule has 8 aromatic rings. The largest absolute Gasteiger partial charge is 0.310 e. The maximum Gasteiger partial charge on any atom is 0.0465 e. The van der Waals surface area contributed by atoms with Crippen LogP contribution < -0.4 is 4.90 Å². The molecule has 0 amide bonds. The van der Waals surface area contributed by atoms with E-state index in [0.717, 1.165) is 11.4 Å². The van der Waals surface area contributed by atoms with Crippen molar-refractivity contribution in [1.82, 2.24) is 0 Å². The number of para-hydroxylation sites is 1. The van der Waals surface area contributed by atoms with E-state index in [1.807, 2.05) is 11.3 Å². The Morgan fingerprint density at radius 2 is 1.18 bits per heavy atom. The van der Waals surface area contributed by atoms with Crippen LogP contribution in [-0.4, -0.2) is 0 Å². The number of nitrogens with zero attached hydrogens (tertiary/aromatic N) is 1. The first-order valence-electron chi connectivity index (χ1n) is 15.6. The molecule has 2 heteroatoms. The molecule has 0 N–H and O–H groups in total. The molecule has 0 radical (unpaired) electrons. The highest BCUT2D eigenvalue weighted by Gasteiger charge is 2.37. The summed E-state index contributed by atoms with van der Waals surface area (Å²) < 4.78 is 2.71. The minimum atomic E-state index is -0.113. The van der Waals surface area contributed by atoms with Crippen LogP contribution in [0, 0.1) is 0 Å². The molecular weight excluding hydrogens is 563 g/mol. The highest BCUT2D eigenvalue weighted by atomic mass is 32.1. The highest BCUT2D eigenvalue weighted by Crippen LogP contribution is 2.55. The molecule has 1 aliphatic carbocycles. The van der Waals surface area contributed by atoms with E-state index in [0.29, 0.717) is 0 Å². The number of anilines is 3. The molecule has 1 nitrogen and oxygen atoms in total. The quantitative estimate of drug-likeness (QED) is 0.196.